The van der Waals surface area contributed by atoms with Gasteiger partial charge in [-0.15, -0.1) is 12.4 Å². The molecule has 0 saturated heterocycles. The van der Waals surface area contributed by atoms with E-state index < -0.39 is 18.5 Å². The fourth-order valence-corrected chi connectivity index (χ4v) is 1.69. The van der Waals surface area contributed by atoms with Crippen LogP contribution in [-0.2, 0) is 0 Å². The molecule has 1 rings (SSSR count). The molecule has 1 nitrogen and oxygen atoms in total. The molecule has 14 heavy (non-hydrogen) atoms. The summed E-state index contributed by atoms with van der Waals surface area (Å²) in [5.74, 6) is -0.423. The van der Waals surface area contributed by atoms with Crippen LogP contribution in [-0.4, -0.2) is 6.67 Å². The van der Waals surface area contributed by atoms with Crippen molar-refractivity contribution < 1.29 is 8.78 Å². The Morgan fingerprint density at radius 1 is 1.50 bits per heavy atom. The van der Waals surface area contributed by atoms with Crippen LogP contribution in [0.15, 0.2) is 16.6 Å². The van der Waals surface area contributed by atoms with Crippen molar-refractivity contribution in [2.24, 2.45) is 5.73 Å². The molecule has 0 aliphatic carbocycles. The quantitative estimate of drug-likeness (QED) is 0.887. The maximum atomic E-state index is 13.4. The van der Waals surface area contributed by atoms with Gasteiger partial charge in [-0.05, 0) is 24.6 Å². The summed E-state index contributed by atoms with van der Waals surface area (Å²) in [4.78, 5) is 0. The van der Waals surface area contributed by atoms with E-state index >= 15 is 0 Å². The van der Waals surface area contributed by atoms with Gasteiger partial charge in [-0.25, -0.2) is 8.78 Å². The molecule has 0 amide bonds. The molecule has 0 aliphatic rings. The van der Waals surface area contributed by atoms with Crippen LogP contribution in [0.4, 0.5) is 8.78 Å². The molecule has 0 aromatic heterocycles. The smallest absolute Gasteiger partial charge is 0.131 e. The van der Waals surface area contributed by atoms with E-state index in [1.807, 2.05) is 0 Å². The number of aryl methyl sites for hydroxylation is 1. The number of halogens is 4. The minimum atomic E-state index is -0.879. The minimum Gasteiger partial charge on any atom is -0.322 e. The Balaban J connectivity index is 0.00000169. The Kier molecular flexibility index (Phi) is 5.56. The third kappa shape index (κ3) is 2.90. The largest absolute Gasteiger partial charge is 0.322 e. The molecule has 2 N–H and O–H groups in total. The van der Waals surface area contributed by atoms with Gasteiger partial charge in [0.1, 0.15) is 12.5 Å². The van der Waals surface area contributed by atoms with E-state index in [9.17, 15) is 8.78 Å². The summed E-state index contributed by atoms with van der Waals surface area (Å²) >= 11 is 3.20. The van der Waals surface area contributed by atoms with Gasteiger partial charge in [0.15, 0.2) is 0 Å². The summed E-state index contributed by atoms with van der Waals surface area (Å²) in [7, 11) is 0. The molecule has 0 radical (unpaired) electrons. The highest BCUT2D eigenvalue weighted by Gasteiger charge is 2.13. The second kappa shape index (κ2) is 5.63. The monoisotopic (exact) mass is 285 g/mol. The Morgan fingerprint density at radius 2 is 2.07 bits per heavy atom. The fourth-order valence-electron chi connectivity index (χ4n) is 1.10. The van der Waals surface area contributed by atoms with Crippen molar-refractivity contribution in [2.75, 3.05) is 6.67 Å². The van der Waals surface area contributed by atoms with Crippen molar-refractivity contribution in [2.45, 2.75) is 13.0 Å². The van der Waals surface area contributed by atoms with Crippen LogP contribution < -0.4 is 5.73 Å². The zero-order valence-electron chi connectivity index (χ0n) is 7.56. The summed E-state index contributed by atoms with van der Waals surface area (Å²) in [5, 5.41) is 0. The van der Waals surface area contributed by atoms with Gasteiger partial charge in [0.25, 0.3) is 0 Å². The predicted molar refractivity (Wildman–Crippen MR) is 59.0 cm³/mol. The topological polar surface area (TPSA) is 26.0 Å². The number of hydrogen-bond acceptors (Lipinski definition) is 1. The molecule has 0 saturated carbocycles. The molecule has 0 heterocycles. The highest BCUT2D eigenvalue weighted by atomic mass is 79.9. The molecule has 1 atom stereocenters. The molecular formula is C9H11BrClF2N. The second-order valence-electron chi connectivity index (χ2n) is 2.89. The van der Waals surface area contributed by atoms with Crippen LogP contribution in [0.3, 0.4) is 0 Å². The van der Waals surface area contributed by atoms with Gasteiger partial charge in [-0.2, -0.15) is 0 Å². The van der Waals surface area contributed by atoms with Crippen molar-refractivity contribution in [3.05, 3.63) is 33.5 Å². The second-order valence-corrected chi connectivity index (χ2v) is 3.80. The summed E-state index contributed by atoms with van der Waals surface area (Å²) in [6.07, 6.45) is 0. The highest BCUT2D eigenvalue weighted by molar-refractivity contribution is 9.10. The van der Waals surface area contributed by atoms with Gasteiger partial charge in [0.05, 0.1) is 6.04 Å². The van der Waals surface area contributed by atoms with Crippen LogP contribution in [0.1, 0.15) is 17.2 Å². The minimum absolute atomic E-state index is 0. The molecule has 0 fully saturated rings. The molecular weight excluding hydrogens is 275 g/mol. The molecule has 1 aromatic rings. The first-order valence-corrected chi connectivity index (χ1v) is 4.62. The summed E-state index contributed by atoms with van der Waals surface area (Å²) in [6, 6.07) is 2.26. The van der Waals surface area contributed by atoms with Crippen molar-refractivity contribution in [3.63, 3.8) is 0 Å². The van der Waals surface area contributed by atoms with Crippen LogP contribution in [0.25, 0.3) is 0 Å². The number of alkyl halides is 1. The molecule has 80 valence electrons. The lowest BCUT2D eigenvalue weighted by Crippen LogP contribution is -2.14. The third-order valence-corrected chi connectivity index (χ3v) is 2.27. The number of benzene rings is 1. The van der Waals surface area contributed by atoms with Crippen molar-refractivity contribution in [1.82, 2.24) is 0 Å². The van der Waals surface area contributed by atoms with Crippen molar-refractivity contribution in [1.29, 1.82) is 0 Å². The predicted octanol–water partition coefficient (Wildman–Crippen LogP) is 3.29. The summed E-state index contributed by atoms with van der Waals surface area (Å²) in [5.41, 5.74) is 6.08. The molecule has 0 bridgehead atoms. The lowest BCUT2D eigenvalue weighted by Gasteiger charge is -2.11. The highest BCUT2D eigenvalue weighted by Crippen LogP contribution is 2.23. The van der Waals surface area contributed by atoms with E-state index in [1.165, 1.54) is 6.07 Å². The molecule has 0 aliphatic heterocycles. The molecule has 1 aromatic carbocycles. The maximum Gasteiger partial charge on any atom is 0.131 e. The van der Waals surface area contributed by atoms with E-state index in [-0.39, 0.29) is 18.0 Å². The van der Waals surface area contributed by atoms with E-state index in [0.717, 1.165) is 0 Å². The Bertz CT molecular complexity index is 320. The van der Waals surface area contributed by atoms with Crippen molar-refractivity contribution >= 4 is 28.3 Å². The van der Waals surface area contributed by atoms with E-state index in [2.05, 4.69) is 15.9 Å². The van der Waals surface area contributed by atoms with Gasteiger partial charge in [-0.3, -0.25) is 0 Å². The van der Waals surface area contributed by atoms with E-state index in [1.54, 1.807) is 13.0 Å². The van der Waals surface area contributed by atoms with Crippen LogP contribution in [0.5, 0.6) is 0 Å². The van der Waals surface area contributed by atoms with Gasteiger partial charge in [0.2, 0.25) is 0 Å². The Hall–Kier alpha value is -0.190. The van der Waals surface area contributed by atoms with Crippen LogP contribution in [0.2, 0.25) is 0 Å². The van der Waals surface area contributed by atoms with Gasteiger partial charge >= 0.3 is 0 Å². The maximum absolute atomic E-state index is 13.4. The normalized spacial score (nSPS) is 12.1. The third-order valence-electron chi connectivity index (χ3n) is 1.81. The van der Waals surface area contributed by atoms with E-state index in [0.29, 0.717) is 10.0 Å². The van der Waals surface area contributed by atoms with Gasteiger partial charge < -0.3 is 5.73 Å². The van der Waals surface area contributed by atoms with Crippen LogP contribution >= 0.6 is 28.3 Å². The number of rotatable bonds is 2. The Labute approximate surface area is 96.2 Å². The SMILES string of the molecule is Cc1cc(Br)cc([C@H](N)CF)c1F.Cl. The molecule has 5 heteroatoms. The molecule has 0 spiro atoms. The number of hydrogen-bond donors (Lipinski definition) is 1. The lowest BCUT2D eigenvalue weighted by atomic mass is 10.1. The zero-order chi connectivity index (χ0) is 10.0. The van der Waals surface area contributed by atoms with Crippen molar-refractivity contribution in [3.8, 4) is 0 Å². The summed E-state index contributed by atoms with van der Waals surface area (Å²) < 4.78 is 26.3. The van der Waals surface area contributed by atoms with Gasteiger partial charge in [-0.1, -0.05) is 15.9 Å². The molecule has 0 unspecified atom stereocenters. The van der Waals surface area contributed by atoms with Gasteiger partial charge in [0, 0.05) is 10.0 Å². The first-order valence-electron chi connectivity index (χ1n) is 3.83. The fraction of sp³-hybridized carbons (Fsp3) is 0.333. The number of nitrogens with two attached hydrogens (primary N) is 1. The first kappa shape index (κ1) is 13.8. The van der Waals surface area contributed by atoms with E-state index in [4.69, 9.17) is 5.73 Å². The average Bonchev–Trinajstić information content (AvgIpc) is 2.10. The Morgan fingerprint density at radius 3 is 2.57 bits per heavy atom. The first-order chi connectivity index (χ1) is 6.06. The average molecular weight is 287 g/mol. The lowest BCUT2D eigenvalue weighted by molar-refractivity contribution is 0.426. The summed E-state index contributed by atoms with van der Waals surface area (Å²) in [6.45, 7) is 0.862. The zero-order valence-corrected chi connectivity index (χ0v) is 9.96. The standard InChI is InChI=1S/C9H10BrF2N.ClH/c1-5-2-6(10)3-7(9(5)12)8(13)4-11;/h2-3,8H,4,13H2,1H3;1H/t8-;/m1./s1. The van der Waals surface area contributed by atoms with Crippen LogP contribution in [0, 0.1) is 12.7 Å².